The zero-order chi connectivity index (χ0) is 24.9. The summed E-state index contributed by atoms with van der Waals surface area (Å²) >= 11 is 3.24. The summed E-state index contributed by atoms with van der Waals surface area (Å²) in [6.07, 6.45) is -1.37. The number of nitrogens with one attached hydrogen (secondary N) is 2. The summed E-state index contributed by atoms with van der Waals surface area (Å²) in [5.74, 6) is -0.742. The normalized spacial score (nSPS) is 13.0. The number of non-ortho nitro benzene ring substituents is 1. The van der Waals surface area contributed by atoms with E-state index in [0.717, 1.165) is 0 Å². The minimum atomic E-state index is -4.00. The van der Waals surface area contributed by atoms with Gasteiger partial charge in [-0.25, -0.2) is 8.42 Å². The fourth-order valence-corrected chi connectivity index (χ4v) is 4.43. The zero-order valence-electron chi connectivity index (χ0n) is 17.5. The number of amides is 1. The molecular formula is C22H20BrN3O7S. The molecule has 0 heterocycles. The molecule has 10 nitrogen and oxygen atoms in total. The standard InChI is InChI=1S/C22H20BrN3O7S/c23-15-7-11-17(12-8-15)34(32,33)25-19-4-2-1-3-18(19)22(29)24-20(13-27)21(28)14-5-9-16(10-6-14)26(30)31/h1-12,20-21,25,27-28H,13H2,(H,24,29)/t20-,21-/m1/s1. The number of aliphatic hydroxyl groups excluding tert-OH is 2. The van der Waals surface area contributed by atoms with Gasteiger partial charge in [0.25, 0.3) is 21.6 Å². The fourth-order valence-electron chi connectivity index (χ4n) is 3.08. The smallest absolute Gasteiger partial charge is 0.269 e. The van der Waals surface area contributed by atoms with Gasteiger partial charge in [-0.15, -0.1) is 0 Å². The van der Waals surface area contributed by atoms with Crippen molar-refractivity contribution in [1.82, 2.24) is 5.32 Å². The molecule has 0 saturated heterocycles. The Morgan fingerprint density at radius 1 is 1.03 bits per heavy atom. The molecule has 0 radical (unpaired) electrons. The first kappa shape index (κ1) is 25.3. The molecule has 34 heavy (non-hydrogen) atoms. The topological polar surface area (TPSA) is 159 Å². The number of benzene rings is 3. The fraction of sp³-hybridized carbons (Fsp3) is 0.136. The molecular weight excluding hydrogens is 530 g/mol. The van der Waals surface area contributed by atoms with Crippen LogP contribution in [0, 0.1) is 10.1 Å². The molecule has 1 amide bonds. The van der Waals surface area contributed by atoms with Crippen molar-refractivity contribution in [2.24, 2.45) is 0 Å². The Hall–Kier alpha value is -3.32. The predicted molar refractivity (Wildman–Crippen MR) is 128 cm³/mol. The molecule has 2 atom stereocenters. The SMILES string of the molecule is O=C(N[C@H](CO)[C@H](O)c1ccc([N+](=O)[O-])cc1)c1ccccc1NS(=O)(=O)c1ccc(Br)cc1. The maximum Gasteiger partial charge on any atom is 0.269 e. The molecule has 3 aromatic carbocycles. The third-order valence-electron chi connectivity index (χ3n) is 4.88. The number of carbonyl (C=O) groups is 1. The van der Waals surface area contributed by atoms with Gasteiger partial charge in [0.15, 0.2) is 0 Å². The minimum Gasteiger partial charge on any atom is -0.394 e. The van der Waals surface area contributed by atoms with Gasteiger partial charge in [0, 0.05) is 16.6 Å². The number of rotatable bonds is 9. The molecule has 0 fully saturated rings. The van der Waals surface area contributed by atoms with E-state index in [1.165, 1.54) is 54.6 Å². The Balaban J connectivity index is 1.80. The van der Waals surface area contributed by atoms with Crippen LogP contribution in [-0.4, -0.2) is 42.1 Å². The van der Waals surface area contributed by atoms with Crippen molar-refractivity contribution in [1.29, 1.82) is 0 Å². The molecule has 0 spiro atoms. The van der Waals surface area contributed by atoms with Gasteiger partial charge in [0.1, 0.15) is 6.10 Å². The van der Waals surface area contributed by atoms with Gasteiger partial charge >= 0.3 is 0 Å². The van der Waals surface area contributed by atoms with E-state index in [2.05, 4.69) is 26.0 Å². The quantitative estimate of drug-likeness (QED) is 0.236. The highest BCUT2D eigenvalue weighted by Crippen LogP contribution is 2.24. The molecule has 0 aliphatic rings. The first-order valence-electron chi connectivity index (χ1n) is 9.84. The molecule has 0 saturated carbocycles. The highest BCUT2D eigenvalue weighted by atomic mass is 79.9. The van der Waals surface area contributed by atoms with Crippen LogP contribution in [0.15, 0.2) is 82.2 Å². The second kappa shape index (κ2) is 10.7. The van der Waals surface area contributed by atoms with Crippen LogP contribution in [0.1, 0.15) is 22.0 Å². The van der Waals surface area contributed by atoms with Gasteiger partial charge in [0.2, 0.25) is 0 Å². The molecule has 12 heteroatoms. The van der Waals surface area contributed by atoms with Crippen LogP contribution in [0.25, 0.3) is 0 Å². The van der Waals surface area contributed by atoms with E-state index in [-0.39, 0.29) is 27.4 Å². The molecule has 0 unspecified atom stereocenters. The third kappa shape index (κ3) is 5.97. The highest BCUT2D eigenvalue weighted by molar-refractivity contribution is 9.10. The van der Waals surface area contributed by atoms with Gasteiger partial charge in [-0.2, -0.15) is 0 Å². The summed E-state index contributed by atoms with van der Waals surface area (Å²) in [6.45, 7) is -0.642. The van der Waals surface area contributed by atoms with Crippen molar-refractivity contribution in [3.63, 3.8) is 0 Å². The van der Waals surface area contributed by atoms with E-state index < -0.39 is 39.6 Å². The van der Waals surface area contributed by atoms with Crippen molar-refractivity contribution in [3.05, 3.63) is 98.5 Å². The summed E-state index contributed by atoms with van der Waals surface area (Å²) in [5.41, 5.74) is 0.0451. The van der Waals surface area contributed by atoms with E-state index in [4.69, 9.17) is 0 Å². The van der Waals surface area contributed by atoms with E-state index >= 15 is 0 Å². The van der Waals surface area contributed by atoms with Crippen LogP contribution in [0.5, 0.6) is 0 Å². The highest BCUT2D eigenvalue weighted by Gasteiger charge is 2.25. The number of halogens is 1. The number of anilines is 1. The maximum atomic E-state index is 12.9. The Morgan fingerprint density at radius 3 is 2.24 bits per heavy atom. The van der Waals surface area contributed by atoms with Crippen LogP contribution in [0.2, 0.25) is 0 Å². The summed E-state index contributed by atoms with van der Waals surface area (Å²) in [4.78, 5) is 23.1. The van der Waals surface area contributed by atoms with Crippen LogP contribution >= 0.6 is 15.9 Å². The number of carbonyl (C=O) groups excluding carboxylic acids is 1. The summed E-state index contributed by atoms with van der Waals surface area (Å²) in [6, 6.07) is 15.7. The Morgan fingerprint density at radius 2 is 1.65 bits per heavy atom. The van der Waals surface area contributed by atoms with E-state index in [0.29, 0.717) is 4.47 Å². The van der Waals surface area contributed by atoms with Crippen LogP contribution < -0.4 is 10.0 Å². The van der Waals surface area contributed by atoms with Crippen LogP contribution in [-0.2, 0) is 10.0 Å². The van der Waals surface area contributed by atoms with Gasteiger partial charge in [-0.3, -0.25) is 19.6 Å². The molecule has 0 aliphatic heterocycles. The number of hydrogen-bond donors (Lipinski definition) is 4. The first-order valence-corrected chi connectivity index (χ1v) is 12.1. The second-order valence-electron chi connectivity index (χ2n) is 7.16. The number of para-hydroxylation sites is 1. The largest absolute Gasteiger partial charge is 0.394 e. The number of hydrogen-bond acceptors (Lipinski definition) is 7. The van der Waals surface area contributed by atoms with Crippen molar-refractivity contribution in [2.45, 2.75) is 17.0 Å². The second-order valence-corrected chi connectivity index (χ2v) is 9.76. The average Bonchev–Trinajstić information content (AvgIpc) is 2.82. The monoisotopic (exact) mass is 549 g/mol. The summed E-state index contributed by atoms with van der Waals surface area (Å²) in [7, 11) is -4.00. The molecule has 3 aromatic rings. The third-order valence-corrected chi connectivity index (χ3v) is 6.79. The molecule has 178 valence electrons. The Bertz CT molecular complexity index is 1280. The predicted octanol–water partition coefficient (Wildman–Crippen LogP) is 2.98. The lowest BCUT2D eigenvalue weighted by molar-refractivity contribution is -0.384. The number of aliphatic hydroxyl groups is 2. The van der Waals surface area contributed by atoms with Gasteiger partial charge in [-0.1, -0.05) is 28.1 Å². The average molecular weight is 550 g/mol. The van der Waals surface area contributed by atoms with E-state index in [1.54, 1.807) is 18.2 Å². The lowest BCUT2D eigenvalue weighted by Crippen LogP contribution is -2.42. The lowest BCUT2D eigenvalue weighted by Gasteiger charge is -2.23. The zero-order valence-corrected chi connectivity index (χ0v) is 19.9. The number of nitro benzene ring substituents is 1. The number of nitrogens with zero attached hydrogens (tertiary/aromatic N) is 1. The van der Waals surface area contributed by atoms with Gasteiger partial charge in [0.05, 0.1) is 33.7 Å². The molecule has 0 aromatic heterocycles. The minimum absolute atomic E-state index is 0.00411. The molecule has 4 N–H and O–H groups in total. The first-order chi connectivity index (χ1) is 16.1. The van der Waals surface area contributed by atoms with Crippen LogP contribution in [0.4, 0.5) is 11.4 Å². The molecule has 0 bridgehead atoms. The Kier molecular flexibility index (Phi) is 7.99. The lowest BCUT2D eigenvalue weighted by atomic mass is 10.0. The van der Waals surface area contributed by atoms with Crippen molar-refractivity contribution >= 4 is 43.2 Å². The Labute approximate surface area is 203 Å². The van der Waals surface area contributed by atoms with Gasteiger partial charge in [-0.05, 0) is 54.1 Å². The molecule has 0 aliphatic carbocycles. The van der Waals surface area contributed by atoms with Crippen molar-refractivity contribution < 1.29 is 28.3 Å². The van der Waals surface area contributed by atoms with Gasteiger partial charge < -0.3 is 15.5 Å². The summed E-state index contributed by atoms with van der Waals surface area (Å²) in [5, 5.41) is 33.6. The van der Waals surface area contributed by atoms with Crippen molar-refractivity contribution in [3.8, 4) is 0 Å². The number of sulfonamides is 1. The number of nitro groups is 1. The van der Waals surface area contributed by atoms with E-state index in [9.17, 15) is 33.5 Å². The molecule has 3 rings (SSSR count). The maximum absolute atomic E-state index is 12.9. The van der Waals surface area contributed by atoms with Crippen molar-refractivity contribution in [2.75, 3.05) is 11.3 Å². The van der Waals surface area contributed by atoms with E-state index in [1.807, 2.05) is 0 Å². The van der Waals surface area contributed by atoms with Crippen LogP contribution in [0.3, 0.4) is 0 Å². The summed E-state index contributed by atoms with van der Waals surface area (Å²) < 4.78 is 28.6.